The van der Waals surface area contributed by atoms with Gasteiger partial charge in [-0.25, -0.2) is 0 Å². The van der Waals surface area contributed by atoms with Crippen molar-refractivity contribution in [1.29, 1.82) is 0 Å². The zero-order chi connectivity index (χ0) is 13.5. The molecule has 1 N–H and O–H groups in total. The molecule has 102 valence electrons. The summed E-state index contributed by atoms with van der Waals surface area (Å²) < 4.78 is 0. The quantitative estimate of drug-likeness (QED) is 0.484. The molecular formula is C15H30O2. The fraction of sp³-hybridized carbons (Fsp3) is 0.800. The molecule has 0 saturated carbocycles. The largest absolute Gasteiger partial charge is 0.389 e. The van der Waals surface area contributed by atoms with Crippen LogP contribution in [0.3, 0.4) is 0 Å². The maximum absolute atomic E-state index is 10.6. The van der Waals surface area contributed by atoms with Crippen molar-refractivity contribution in [1.82, 2.24) is 0 Å². The Morgan fingerprint density at radius 2 is 1.65 bits per heavy atom. The third kappa shape index (κ3) is 18.0. The molecule has 1 unspecified atom stereocenters. The summed E-state index contributed by atoms with van der Waals surface area (Å²) in [6, 6.07) is 0. The number of aliphatic hydroxyl groups is 1. The van der Waals surface area contributed by atoms with E-state index in [2.05, 4.69) is 13.5 Å². The zero-order valence-corrected chi connectivity index (χ0v) is 11.9. The van der Waals surface area contributed by atoms with Crippen molar-refractivity contribution >= 4 is 5.78 Å². The van der Waals surface area contributed by atoms with Crippen LogP contribution in [0.15, 0.2) is 12.7 Å². The first-order valence-electron chi connectivity index (χ1n) is 6.94. The van der Waals surface area contributed by atoms with E-state index in [1.54, 1.807) is 6.08 Å². The van der Waals surface area contributed by atoms with E-state index in [0.29, 0.717) is 5.78 Å². The van der Waals surface area contributed by atoms with Crippen molar-refractivity contribution in [2.24, 2.45) is 0 Å². The van der Waals surface area contributed by atoms with Crippen LogP contribution in [0.5, 0.6) is 0 Å². The summed E-state index contributed by atoms with van der Waals surface area (Å²) in [5.74, 6) is 0.412. The smallest absolute Gasteiger partial charge is 0.132 e. The fourth-order valence-electron chi connectivity index (χ4n) is 1.40. The maximum Gasteiger partial charge on any atom is 0.132 e. The molecular weight excluding hydrogens is 212 g/mol. The second-order valence-electron chi connectivity index (χ2n) is 4.34. The SMILES string of the molecule is C=CC(O)CCCCC.CCCC(=O)CCC. The van der Waals surface area contributed by atoms with Crippen molar-refractivity contribution in [3.8, 4) is 0 Å². The third-order valence-corrected chi connectivity index (χ3v) is 2.43. The van der Waals surface area contributed by atoms with Crippen molar-refractivity contribution < 1.29 is 9.90 Å². The van der Waals surface area contributed by atoms with Gasteiger partial charge in [-0.15, -0.1) is 6.58 Å². The summed E-state index contributed by atoms with van der Waals surface area (Å²) in [5, 5.41) is 8.97. The Hall–Kier alpha value is -0.630. The van der Waals surface area contributed by atoms with Crippen LogP contribution in [0.2, 0.25) is 0 Å². The monoisotopic (exact) mass is 242 g/mol. The first-order chi connectivity index (χ1) is 8.12. The van der Waals surface area contributed by atoms with Gasteiger partial charge in [0, 0.05) is 12.8 Å². The second-order valence-corrected chi connectivity index (χ2v) is 4.34. The Morgan fingerprint density at radius 3 is 2.00 bits per heavy atom. The van der Waals surface area contributed by atoms with Gasteiger partial charge in [0.25, 0.3) is 0 Å². The van der Waals surface area contributed by atoms with Crippen LogP contribution in [0.1, 0.15) is 72.1 Å². The lowest BCUT2D eigenvalue weighted by Gasteiger charge is -2.01. The molecule has 0 aromatic heterocycles. The summed E-state index contributed by atoms with van der Waals surface area (Å²) in [6.45, 7) is 9.71. The Balaban J connectivity index is 0. The van der Waals surface area contributed by atoms with Crippen molar-refractivity contribution in [2.75, 3.05) is 0 Å². The van der Waals surface area contributed by atoms with Gasteiger partial charge in [-0.3, -0.25) is 4.79 Å². The topological polar surface area (TPSA) is 37.3 Å². The minimum atomic E-state index is -0.281. The van der Waals surface area contributed by atoms with E-state index in [1.807, 2.05) is 13.8 Å². The lowest BCUT2D eigenvalue weighted by atomic mass is 10.1. The molecule has 0 spiro atoms. The highest BCUT2D eigenvalue weighted by atomic mass is 16.3. The lowest BCUT2D eigenvalue weighted by Crippen LogP contribution is -1.99. The second kappa shape index (κ2) is 15.4. The highest BCUT2D eigenvalue weighted by Gasteiger charge is 1.95. The van der Waals surface area contributed by atoms with Crippen LogP contribution < -0.4 is 0 Å². The van der Waals surface area contributed by atoms with E-state index in [-0.39, 0.29) is 6.10 Å². The molecule has 0 amide bonds. The molecule has 0 aliphatic carbocycles. The van der Waals surface area contributed by atoms with E-state index in [9.17, 15) is 4.79 Å². The number of rotatable bonds is 9. The van der Waals surface area contributed by atoms with Crippen molar-refractivity contribution in [3.63, 3.8) is 0 Å². The number of carbonyl (C=O) groups is 1. The van der Waals surface area contributed by atoms with E-state index < -0.39 is 0 Å². The average molecular weight is 242 g/mol. The van der Waals surface area contributed by atoms with Gasteiger partial charge in [0.2, 0.25) is 0 Å². The predicted molar refractivity (Wildman–Crippen MR) is 75.2 cm³/mol. The van der Waals surface area contributed by atoms with Gasteiger partial charge in [-0.2, -0.15) is 0 Å². The van der Waals surface area contributed by atoms with Crippen LogP contribution in [-0.4, -0.2) is 17.0 Å². The van der Waals surface area contributed by atoms with Gasteiger partial charge in [0.1, 0.15) is 5.78 Å². The standard InChI is InChI=1S/C8H16O.C7H14O/c1-3-5-6-7-8(9)4-2;1-3-5-7(8)6-4-2/h4,8-9H,2-3,5-7H2,1H3;3-6H2,1-2H3. The lowest BCUT2D eigenvalue weighted by molar-refractivity contribution is -0.119. The molecule has 0 aromatic carbocycles. The minimum absolute atomic E-state index is 0.281. The number of hydrogen-bond donors (Lipinski definition) is 1. The predicted octanol–water partition coefficient (Wildman–Crippen LogP) is 4.27. The van der Waals surface area contributed by atoms with Gasteiger partial charge in [-0.1, -0.05) is 46.1 Å². The average Bonchev–Trinajstić information content (AvgIpc) is 2.30. The molecule has 17 heavy (non-hydrogen) atoms. The number of hydrogen-bond acceptors (Lipinski definition) is 2. The Bertz CT molecular complexity index is 168. The zero-order valence-electron chi connectivity index (χ0n) is 11.9. The number of ketones is 1. The van der Waals surface area contributed by atoms with E-state index in [1.165, 1.54) is 12.8 Å². The molecule has 2 nitrogen and oxygen atoms in total. The van der Waals surface area contributed by atoms with E-state index in [4.69, 9.17) is 5.11 Å². The van der Waals surface area contributed by atoms with Crippen molar-refractivity contribution in [3.05, 3.63) is 12.7 Å². The Kier molecular flexibility index (Phi) is 16.9. The first-order valence-corrected chi connectivity index (χ1v) is 6.94. The molecule has 0 rings (SSSR count). The van der Waals surface area contributed by atoms with Crippen LogP contribution in [0, 0.1) is 0 Å². The summed E-state index contributed by atoms with van der Waals surface area (Å²) in [6.07, 6.45) is 9.27. The minimum Gasteiger partial charge on any atom is -0.389 e. The Labute approximate surface area is 107 Å². The molecule has 0 saturated heterocycles. The highest BCUT2D eigenvalue weighted by molar-refractivity contribution is 5.78. The summed E-state index contributed by atoms with van der Waals surface area (Å²) in [4.78, 5) is 10.6. The number of Topliss-reactive ketones (excluding diaryl/α,β-unsaturated/α-hetero) is 1. The molecule has 1 atom stereocenters. The molecule has 0 aromatic rings. The van der Waals surface area contributed by atoms with Gasteiger partial charge in [0.05, 0.1) is 6.10 Å². The summed E-state index contributed by atoms with van der Waals surface area (Å²) in [7, 11) is 0. The van der Waals surface area contributed by atoms with Gasteiger partial charge < -0.3 is 5.11 Å². The molecule has 0 radical (unpaired) electrons. The number of unbranched alkanes of at least 4 members (excludes halogenated alkanes) is 2. The number of carbonyl (C=O) groups excluding carboxylic acids is 1. The van der Waals surface area contributed by atoms with Crippen LogP contribution in [0.4, 0.5) is 0 Å². The first kappa shape index (κ1) is 18.7. The third-order valence-electron chi connectivity index (χ3n) is 2.43. The summed E-state index contributed by atoms with van der Waals surface area (Å²) in [5.41, 5.74) is 0. The Morgan fingerprint density at radius 1 is 1.12 bits per heavy atom. The van der Waals surface area contributed by atoms with Gasteiger partial charge in [-0.05, 0) is 19.3 Å². The fourth-order valence-corrected chi connectivity index (χ4v) is 1.40. The van der Waals surface area contributed by atoms with Crippen LogP contribution in [-0.2, 0) is 4.79 Å². The van der Waals surface area contributed by atoms with Gasteiger partial charge >= 0.3 is 0 Å². The van der Waals surface area contributed by atoms with E-state index >= 15 is 0 Å². The number of aliphatic hydroxyl groups excluding tert-OH is 1. The highest BCUT2D eigenvalue weighted by Crippen LogP contribution is 2.02. The van der Waals surface area contributed by atoms with Crippen molar-refractivity contribution in [2.45, 2.75) is 78.2 Å². The normalized spacial score (nSPS) is 11.3. The molecule has 0 fully saturated rings. The maximum atomic E-state index is 10.6. The van der Waals surface area contributed by atoms with Gasteiger partial charge in [0.15, 0.2) is 0 Å². The molecule has 0 aliphatic rings. The van der Waals surface area contributed by atoms with E-state index in [0.717, 1.165) is 38.5 Å². The van der Waals surface area contributed by atoms with Crippen LogP contribution in [0.25, 0.3) is 0 Å². The molecule has 0 aliphatic heterocycles. The summed E-state index contributed by atoms with van der Waals surface area (Å²) >= 11 is 0. The van der Waals surface area contributed by atoms with Crippen LogP contribution >= 0.6 is 0 Å². The molecule has 2 heteroatoms. The molecule has 0 heterocycles. The molecule has 0 bridgehead atoms.